The molecule has 4 heteroatoms. The number of nitrogens with zero attached hydrogens (tertiary/aromatic N) is 3. The maximum absolute atomic E-state index is 6.45. The van der Waals surface area contributed by atoms with Gasteiger partial charge in [-0.25, -0.2) is 0 Å². The number of hydrogen-bond donors (Lipinski definition) is 0. The highest BCUT2D eigenvalue weighted by atomic mass is 16.3. The fourth-order valence-electron chi connectivity index (χ4n) is 9.12. The Balaban J connectivity index is 1.02. The SMILES string of the molecule is c1ccc(-n2c3ccccc3c3cc(N(c4ccc(-c5cccc6c5oc5ccccc56)cc4)c4ccc(-n5c6ccccc6c6ccccc65)cc4)ccc32)cc1. The summed E-state index contributed by atoms with van der Waals surface area (Å²) in [6, 6.07) is 76.2. The smallest absolute Gasteiger partial charge is 0.143 e. The van der Waals surface area contributed by atoms with E-state index in [2.05, 4.69) is 214 Å². The number of furan rings is 1. The van der Waals surface area contributed by atoms with Gasteiger partial charge in [0.1, 0.15) is 11.2 Å². The van der Waals surface area contributed by atoms with Gasteiger partial charge in [0, 0.05) is 66.3 Å². The van der Waals surface area contributed by atoms with Crippen LogP contribution in [-0.4, -0.2) is 9.13 Å². The molecular formula is C54H35N3O. The van der Waals surface area contributed by atoms with Crippen LogP contribution in [0.25, 0.3) is 88.1 Å². The van der Waals surface area contributed by atoms with Crippen molar-refractivity contribution >= 4 is 82.6 Å². The summed E-state index contributed by atoms with van der Waals surface area (Å²) >= 11 is 0. The van der Waals surface area contributed by atoms with E-state index in [0.29, 0.717) is 0 Å². The first-order chi connectivity index (χ1) is 28.8. The summed E-state index contributed by atoms with van der Waals surface area (Å²) in [5.41, 5.74) is 14.3. The minimum atomic E-state index is 0.904. The molecule has 9 aromatic carbocycles. The van der Waals surface area contributed by atoms with Crippen LogP contribution in [0.1, 0.15) is 0 Å². The van der Waals surface area contributed by atoms with Gasteiger partial charge in [0.2, 0.25) is 0 Å². The highest BCUT2D eigenvalue weighted by Gasteiger charge is 2.19. The Hall–Kier alpha value is -7.82. The van der Waals surface area contributed by atoms with Crippen molar-refractivity contribution in [2.45, 2.75) is 0 Å². The molecule has 0 saturated carbocycles. The summed E-state index contributed by atoms with van der Waals surface area (Å²) in [4.78, 5) is 2.37. The van der Waals surface area contributed by atoms with Crippen LogP contribution in [0.5, 0.6) is 0 Å². The zero-order chi connectivity index (χ0) is 38.2. The van der Waals surface area contributed by atoms with E-state index >= 15 is 0 Å². The molecule has 0 aliphatic carbocycles. The van der Waals surface area contributed by atoms with Gasteiger partial charge in [-0.1, -0.05) is 121 Å². The van der Waals surface area contributed by atoms with Crippen molar-refractivity contribution in [3.05, 3.63) is 212 Å². The fourth-order valence-corrected chi connectivity index (χ4v) is 9.12. The normalized spacial score (nSPS) is 11.8. The molecule has 0 N–H and O–H groups in total. The Morgan fingerprint density at radius 1 is 0.328 bits per heavy atom. The van der Waals surface area contributed by atoms with Crippen molar-refractivity contribution in [3.63, 3.8) is 0 Å². The van der Waals surface area contributed by atoms with Gasteiger partial charge in [0.15, 0.2) is 0 Å². The first-order valence-corrected chi connectivity index (χ1v) is 19.8. The maximum Gasteiger partial charge on any atom is 0.143 e. The second kappa shape index (κ2) is 12.9. The van der Waals surface area contributed by atoms with Crippen molar-refractivity contribution in [1.82, 2.24) is 9.13 Å². The number of para-hydroxylation sites is 6. The van der Waals surface area contributed by atoms with E-state index in [1.54, 1.807) is 0 Å². The first kappa shape index (κ1) is 32.4. The van der Waals surface area contributed by atoms with Gasteiger partial charge in [0.25, 0.3) is 0 Å². The second-order valence-electron chi connectivity index (χ2n) is 14.9. The molecule has 0 fully saturated rings. The molecule has 0 aliphatic heterocycles. The summed E-state index contributed by atoms with van der Waals surface area (Å²) in [6.07, 6.45) is 0. The molecule has 272 valence electrons. The van der Waals surface area contributed by atoms with Crippen molar-refractivity contribution in [3.8, 4) is 22.5 Å². The largest absolute Gasteiger partial charge is 0.455 e. The third-order valence-corrected chi connectivity index (χ3v) is 11.7. The van der Waals surface area contributed by atoms with Crippen LogP contribution in [0.3, 0.4) is 0 Å². The summed E-state index contributed by atoms with van der Waals surface area (Å²) < 4.78 is 11.2. The fraction of sp³-hybridized carbons (Fsp3) is 0. The molecule has 0 radical (unpaired) electrons. The van der Waals surface area contributed by atoms with Gasteiger partial charge in [-0.3, -0.25) is 0 Å². The molecule has 12 rings (SSSR count). The third kappa shape index (κ3) is 4.95. The third-order valence-electron chi connectivity index (χ3n) is 11.7. The van der Waals surface area contributed by atoms with Crippen LogP contribution in [0.15, 0.2) is 217 Å². The Labute approximate surface area is 334 Å². The van der Waals surface area contributed by atoms with Gasteiger partial charge < -0.3 is 18.5 Å². The summed E-state index contributed by atoms with van der Waals surface area (Å²) in [5, 5.41) is 7.20. The van der Waals surface area contributed by atoms with E-state index in [1.807, 2.05) is 12.1 Å². The number of anilines is 3. The zero-order valence-corrected chi connectivity index (χ0v) is 31.5. The van der Waals surface area contributed by atoms with E-state index in [-0.39, 0.29) is 0 Å². The average molecular weight is 742 g/mol. The Bertz CT molecular complexity index is 3440. The molecule has 0 aliphatic rings. The second-order valence-corrected chi connectivity index (χ2v) is 14.9. The highest BCUT2D eigenvalue weighted by molar-refractivity contribution is 6.12. The van der Waals surface area contributed by atoms with Gasteiger partial charge in [-0.05, 0) is 96.6 Å². The minimum absolute atomic E-state index is 0.904. The molecule has 0 atom stereocenters. The molecule has 0 bridgehead atoms. The summed E-state index contributed by atoms with van der Waals surface area (Å²) in [6.45, 7) is 0. The van der Waals surface area contributed by atoms with E-state index in [1.165, 1.54) is 43.6 Å². The molecule has 4 nitrogen and oxygen atoms in total. The lowest BCUT2D eigenvalue weighted by atomic mass is 10.0. The standard InChI is InChI=1S/C54H35N3O/c1-2-13-37(14-3-1)56-51-23-10-6-17-45(51)48-35-41(33-34-52(48)56)55(38-27-25-36(26-28-38)42-19-12-20-47-46-18-7-11-24-53(46)58-54(42)47)39-29-31-40(32-30-39)57-49-21-8-4-15-43(49)44-16-5-9-22-50(44)57/h1-35H. The molecule has 12 aromatic rings. The molecular weight excluding hydrogens is 707 g/mol. The summed E-state index contributed by atoms with van der Waals surface area (Å²) in [7, 11) is 0. The number of aromatic nitrogens is 2. The van der Waals surface area contributed by atoms with Gasteiger partial charge >= 0.3 is 0 Å². The highest BCUT2D eigenvalue weighted by Crippen LogP contribution is 2.42. The topological polar surface area (TPSA) is 26.2 Å². The molecule has 0 unspecified atom stereocenters. The van der Waals surface area contributed by atoms with Crippen LogP contribution >= 0.6 is 0 Å². The van der Waals surface area contributed by atoms with Crippen LogP contribution in [0.4, 0.5) is 17.1 Å². The quantitative estimate of drug-likeness (QED) is 0.170. The first-order valence-electron chi connectivity index (χ1n) is 19.8. The molecule has 3 aromatic heterocycles. The lowest BCUT2D eigenvalue weighted by Gasteiger charge is -2.26. The minimum Gasteiger partial charge on any atom is -0.455 e. The molecule has 3 heterocycles. The van der Waals surface area contributed by atoms with Crippen LogP contribution in [0, 0.1) is 0 Å². The Kier molecular flexibility index (Phi) is 7.20. The predicted octanol–water partition coefficient (Wildman–Crippen LogP) is 14.9. The Morgan fingerprint density at radius 2 is 0.810 bits per heavy atom. The van der Waals surface area contributed by atoms with Crippen LogP contribution < -0.4 is 4.90 Å². The van der Waals surface area contributed by atoms with E-state index in [9.17, 15) is 0 Å². The van der Waals surface area contributed by atoms with Crippen molar-refractivity contribution in [2.24, 2.45) is 0 Å². The number of rotatable bonds is 6. The molecule has 58 heavy (non-hydrogen) atoms. The number of hydrogen-bond acceptors (Lipinski definition) is 2. The van der Waals surface area contributed by atoms with E-state index in [0.717, 1.165) is 61.5 Å². The molecule has 0 spiro atoms. The number of benzene rings is 9. The van der Waals surface area contributed by atoms with Gasteiger partial charge in [-0.2, -0.15) is 0 Å². The maximum atomic E-state index is 6.45. The molecule has 0 saturated heterocycles. The van der Waals surface area contributed by atoms with Gasteiger partial charge in [-0.15, -0.1) is 0 Å². The lowest BCUT2D eigenvalue weighted by molar-refractivity contribution is 0.670. The zero-order valence-electron chi connectivity index (χ0n) is 31.5. The molecule has 0 amide bonds. The lowest BCUT2D eigenvalue weighted by Crippen LogP contribution is -2.10. The van der Waals surface area contributed by atoms with Crippen LogP contribution in [0.2, 0.25) is 0 Å². The van der Waals surface area contributed by atoms with Crippen molar-refractivity contribution in [1.29, 1.82) is 0 Å². The van der Waals surface area contributed by atoms with Gasteiger partial charge in [0.05, 0.1) is 22.1 Å². The van der Waals surface area contributed by atoms with E-state index < -0.39 is 0 Å². The average Bonchev–Trinajstić information content (AvgIpc) is 3.95. The Morgan fingerprint density at radius 3 is 1.47 bits per heavy atom. The van der Waals surface area contributed by atoms with Crippen LogP contribution in [-0.2, 0) is 0 Å². The van der Waals surface area contributed by atoms with Crippen molar-refractivity contribution in [2.75, 3.05) is 4.90 Å². The monoisotopic (exact) mass is 741 g/mol. The van der Waals surface area contributed by atoms with E-state index in [4.69, 9.17) is 4.42 Å². The number of fused-ring (bicyclic) bond motifs is 9. The van der Waals surface area contributed by atoms with Crippen molar-refractivity contribution < 1.29 is 4.42 Å². The predicted molar refractivity (Wildman–Crippen MR) is 243 cm³/mol. The summed E-state index contributed by atoms with van der Waals surface area (Å²) in [5.74, 6) is 0.